The Morgan fingerprint density at radius 1 is 1.08 bits per heavy atom. The number of likely N-dealkylation sites (tertiary alicyclic amines) is 1. The zero-order valence-corrected chi connectivity index (χ0v) is 14.1. The largest absolute Gasteiger partial charge is 0.327 e. The molecule has 2 fully saturated rings. The maximum atomic E-state index is 13.3. The summed E-state index contributed by atoms with van der Waals surface area (Å²) >= 11 is 0. The summed E-state index contributed by atoms with van der Waals surface area (Å²) in [4.78, 5) is 18.8. The van der Waals surface area contributed by atoms with Crippen molar-refractivity contribution in [2.24, 2.45) is 5.41 Å². The van der Waals surface area contributed by atoms with Gasteiger partial charge >= 0.3 is 6.03 Å². The van der Waals surface area contributed by atoms with Crippen molar-refractivity contribution in [2.75, 3.05) is 13.1 Å². The lowest BCUT2D eigenvalue weighted by molar-refractivity contribution is 0.140. The number of urea groups is 1. The van der Waals surface area contributed by atoms with Crippen molar-refractivity contribution < 1.29 is 9.18 Å². The van der Waals surface area contributed by atoms with Gasteiger partial charge in [-0.2, -0.15) is 0 Å². The zero-order chi connectivity index (χ0) is 17.3. The Kier molecular flexibility index (Phi) is 4.15. The first-order valence-electron chi connectivity index (χ1n) is 8.86. The molecular formula is C20H22FN3O. The number of rotatable bonds is 3. The SMILES string of the molecule is O=C(N[C@@H](c1ccncc1)c1ccc(F)cc1)N1CCC2(CCC2)C1. The number of aromatic nitrogens is 1. The second kappa shape index (κ2) is 6.47. The lowest BCUT2D eigenvalue weighted by Crippen LogP contribution is -2.42. The summed E-state index contributed by atoms with van der Waals surface area (Å²) in [7, 11) is 0. The highest BCUT2D eigenvalue weighted by molar-refractivity contribution is 5.75. The molecule has 25 heavy (non-hydrogen) atoms. The van der Waals surface area contributed by atoms with Gasteiger partial charge in [0.25, 0.3) is 0 Å². The normalized spacial score (nSPS) is 19.5. The summed E-state index contributed by atoms with van der Waals surface area (Å²) in [5.41, 5.74) is 2.17. The highest BCUT2D eigenvalue weighted by atomic mass is 19.1. The maximum absolute atomic E-state index is 13.3. The van der Waals surface area contributed by atoms with Gasteiger partial charge in [-0.3, -0.25) is 4.98 Å². The molecule has 4 rings (SSSR count). The van der Waals surface area contributed by atoms with Crippen LogP contribution in [0.25, 0.3) is 0 Å². The Morgan fingerprint density at radius 2 is 1.76 bits per heavy atom. The van der Waals surface area contributed by atoms with E-state index >= 15 is 0 Å². The molecule has 1 aliphatic heterocycles. The van der Waals surface area contributed by atoms with Crippen LogP contribution in [0, 0.1) is 11.2 Å². The molecule has 2 aliphatic rings. The highest BCUT2D eigenvalue weighted by Crippen LogP contribution is 2.47. The van der Waals surface area contributed by atoms with Crippen molar-refractivity contribution in [2.45, 2.75) is 31.7 Å². The van der Waals surface area contributed by atoms with Gasteiger partial charge in [0.15, 0.2) is 0 Å². The van der Waals surface area contributed by atoms with Crippen LogP contribution in [0.15, 0.2) is 48.8 Å². The molecular weight excluding hydrogens is 317 g/mol. The standard InChI is InChI=1S/C20H22FN3O/c21-17-4-2-15(3-5-17)18(16-6-11-22-12-7-16)23-19(25)24-13-10-20(14-24)8-1-9-20/h2-7,11-12,18H,1,8-10,13-14H2,(H,23,25)/t18-/m1/s1. The van der Waals surface area contributed by atoms with E-state index in [4.69, 9.17) is 0 Å². The molecule has 1 aliphatic carbocycles. The predicted octanol–water partition coefficient (Wildman–Crippen LogP) is 3.90. The molecule has 2 amide bonds. The Balaban J connectivity index is 1.54. The van der Waals surface area contributed by atoms with E-state index in [1.165, 1.54) is 31.4 Å². The van der Waals surface area contributed by atoms with Crippen LogP contribution in [0.1, 0.15) is 42.9 Å². The number of amides is 2. The number of nitrogens with one attached hydrogen (secondary N) is 1. The van der Waals surface area contributed by atoms with Gasteiger partial charge in [0.2, 0.25) is 0 Å². The molecule has 1 spiro atoms. The average Bonchev–Trinajstić information content (AvgIpc) is 3.08. The van der Waals surface area contributed by atoms with Crippen LogP contribution >= 0.6 is 0 Å². The number of carbonyl (C=O) groups excluding carboxylic acids is 1. The summed E-state index contributed by atoms with van der Waals surface area (Å²) in [6, 6.07) is 9.70. The second-order valence-corrected chi connectivity index (χ2v) is 7.24. The fraction of sp³-hybridized carbons (Fsp3) is 0.400. The van der Waals surface area contributed by atoms with Crippen LogP contribution in [-0.4, -0.2) is 29.0 Å². The third kappa shape index (κ3) is 3.23. The van der Waals surface area contributed by atoms with E-state index in [2.05, 4.69) is 10.3 Å². The van der Waals surface area contributed by atoms with Gasteiger partial charge in [-0.15, -0.1) is 0 Å². The Bertz CT molecular complexity index is 743. The van der Waals surface area contributed by atoms with Crippen molar-refractivity contribution in [3.8, 4) is 0 Å². The van der Waals surface area contributed by atoms with Crippen LogP contribution in [-0.2, 0) is 0 Å². The van der Waals surface area contributed by atoms with E-state index < -0.39 is 0 Å². The number of hydrogen-bond acceptors (Lipinski definition) is 2. The minimum Gasteiger partial charge on any atom is -0.327 e. The summed E-state index contributed by atoms with van der Waals surface area (Å²) in [6.45, 7) is 1.67. The molecule has 2 aromatic rings. The molecule has 1 aromatic carbocycles. The molecule has 1 saturated heterocycles. The lowest BCUT2D eigenvalue weighted by Gasteiger charge is -2.38. The lowest BCUT2D eigenvalue weighted by atomic mass is 9.68. The minimum absolute atomic E-state index is 0.0464. The van der Waals surface area contributed by atoms with Gasteiger partial charge in [0.1, 0.15) is 5.82 Å². The van der Waals surface area contributed by atoms with Gasteiger partial charge in [-0.05, 0) is 60.1 Å². The number of nitrogens with zero attached hydrogens (tertiary/aromatic N) is 2. The van der Waals surface area contributed by atoms with Gasteiger partial charge < -0.3 is 10.2 Å². The Labute approximate surface area is 147 Å². The third-order valence-electron chi connectivity index (χ3n) is 5.65. The van der Waals surface area contributed by atoms with Crippen molar-refractivity contribution in [1.29, 1.82) is 0 Å². The molecule has 1 aromatic heterocycles. The molecule has 0 bridgehead atoms. The van der Waals surface area contributed by atoms with Crippen molar-refractivity contribution in [1.82, 2.24) is 15.2 Å². The van der Waals surface area contributed by atoms with E-state index in [1.54, 1.807) is 24.5 Å². The summed E-state index contributed by atoms with van der Waals surface area (Å²) < 4.78 is 13.3. The fourth-order valence-electron chi connectivity index (χ4n) is 3.98. The van der Waals surface area contributed by atoms with Crippen LogP contribution < -0.4 is 5.32 Å². The molecule has 130 valence electrons. The van der Waals surface area contributed by atoms with E-state index in [1.807, 2.05) is 17.0 Å². The first kappa shape index (κ1) is 16.1. The van der Waals surface area contributed by atoms with Crippen LogP contribution in [0.5, 0.6) is 0 Å². The third-order valence-corrected chi connectivity index (χ3v) is 5.65. The molecule has 1 N–H and O–H groups in total. The summed E-state index contributed by atoms with van der Waals surface area (Å²) in [5.74, 6) is -0.282. The van der Waals surface area contributed by atoms with Crippen LogP contribution in [0.2, 0.25) is 0 Å². The number of benzene rings is 1. The van der Waals surface area contributed by atoms with Gasteiger partial charge in [0.05, 0.1) is 6.04 Å². The van der Waals surface area contributed by atoms with E-state index in [-0.39, 0.29) is 17.9 Å². The zero-order valence-electron chi connectivity index (χ0n) is 14.1. The second-order valence-electron chi connectivity index (χ2n) is 7.24. The predicted molar refractivity (Wildman–Crippen MR) is 93.5 cm³/mol. The summed E-state index contributed by atoms with van der Waals surface area (Å²) in [5, 5.41) is 3.13. The van der Waals surface area contributed by atoms with Crippen molar-refractivity contribution in [3.05, 3.63) is 65.7 Å². The molecule has 4 nitrogen and oxygen atoms in total. The molecule has 0 unspecified atom stereocenters. The van der Waals surface area contributed by atoms with Gasteiger partial charge in [-0.25, -0.2) is 9.18 Å². The minimum atomic E-state index is -0.311. The quantitative estimate of drug-likeness (QED) is 0.922. The molecule has 1 saturated carbocycles. The van der Waals surface area contributed by atoms with E-state index in [9.17, 15) is 9.18 Å². The van der Waals surface area contributed by atoms with Crippen molar-refractivity contribution >= 4 is 6.03 Å². The molecule has 1 atom stereocenters. The van der Waals surface area contributed by atoms with Gasteiger partial charge in [-0.1, -0.05) is 18.6 Å². The summed E-state index contributed by atoms with van der Waals surface area (Å²) in [6.07, 6.45) is 8.28. The van der Waals surface area contributed by atoms with E-state index in [0.29, 0.717) is 5.41 Å². The molecule has 0 radical (unpaired) electrons. The Morgan fingerprint density at radius 3 is 2.36 bits per heavy atom. The topological polar surface area (TPSA) is 45.2 Å². The van der Waals surface area contributed by atoms with Crippen molar-refractivity contribution in [3.63, 3.8) is 0 Å². The maximum Gasteiger partial charge on any atom is 0.318 e. The average molecular weight is 339 g/mol. The monoisotopic (exact) mass is 339 g/mol. The van der Waals surface area contributed by atoms with Gasteiger partial charge in [0, 0.05) is 25.5 Å². The number of carbonyl (C=O) groups is 1. The molecule has 5 heteroatoms. The first-order valence-corrected chi connectivity index (χ1v) is 8.86. The first-order chi connectivity index (χ1) is 12.2. The fourth-order valence-corrected chi connectivity index (χ4v) is 3.98. The number of pyridine rings is 1. The van der Waals surface area contributed by atoms with Crippen LogP contribution in [0.4, 0.5) is 9.18 Å². The Hall–Kier alpha value is -2.43. The highest BCUT2D eigenvalue weighted by Gasteiger charge is 2.44. The number of hydrogen-bond donors (Lipinski definition) is 1. The molecule has 2 heterocycles. The van der Waals surface area contributed by atoms with Crippen LogP contribution in [0.3, 0.4) is 0 Å². The van der Waals surface area contributed by atoms with E-state index in [0.717, 1.165) is 30.6 Å². The smallest absolute Gasteiger partial charge is 0.318 e. The number of halogens is 1.